The summed E-state index contributed by atoms with van der Waals surface area (Å²) in [6.07, 6.45) is 0.276. The molecule has 6 nitrogen and oxygen atoms in total. The van der Waals surface area contributed by atoms with Crippen LogP contribution in [0, 0.1) is 0 Å². The second-order valence-electron chi connectivity index (χ2n) is 2.20. The third kappa shape index (κ3) is 0.958. The van der Waals surface area contributed by atoms with Crippen LogP contribution >= 0.6 is 0 Å². The van der Waals surface area contributed by atoms with Crippen molar-refractivity contribution in [1.29, 1.82) is 0 Å². The van der Waals surface area contributed by atoms with Crippen LogP contribution in [0.1, 0.15) is 13.3 Å². The average molecular weight is 160 g/mol. The Morgan fingerprint density at radius 3 is 2.18 bits per heavy atom. The molecule has 1 saturated heterocycles. The number of imide groups is 1. The van der Waals surface area contributed by atoms with Crippen molar-refractivity contribution in [2.75, 3.05) is 0 Å². The molecule has 1 heterocycles. The molecule has 0 aromatic rings. The third-order valence-corrected chi connectivity index (χ3v) is 1.55. The SMILES string of the molecule is CCC1C(=O)N(O)C(=O)N1O. The van der Waals surface area contributed by atoms with Crippen LogP contribution in [-0.4, -0.2) is 38.5 Å². The fourth-order valence-corrected chi connectivity index (χ4v) is 0.918. The number of carbonyl (C=O) groups excluding carboxylic acids is 2. The van der Waals surface area contributed by atoms with Crippen molar-refractivity contribution in [2.45, 2.75) is 19.4 Å². The van der Waals surface area contributed by atoms with Gasteiger partial charge in [0.05, 0.1) is 0 Å². The van der Waals surface area contributed by atoms with E-state index >= 15 is 0 Å². The maximum absolute atomic E-state index is 10.8. The van der Waals surface area contributed by atoms with E-state index < -0.39 is 18.0 Å². The van der Waals surface area contributed by atoms with Crippen molar-refractivity contribution in [3.05, 3.63) is 0 Å². The van der Waals surface area contributed by atoms with Crippen molar-refractivity contribution in [1.82, 2.24) is 10.1 Å². The lowest BCUT2D eigenvalue weighted by molar-refractivity contribution is -0.149. The third-order valence-electron chi connectivity index (χ3n) is 1.55. The molecule has 0 aromatic carbocycles. The van der Waals surface area contributed by atoms with E-state index in [1.807, 2.05) is 0 Å². The first-order chi connectivity index (χ1) is 5.09. The van der Waals surface area contributed by atoms with E-state index in [4.69, 9.17) is 10.4 Å². The van der Waals surface area contributed by atoms with Gasteiger partial charge in [0.15, 0.2) is 0 Å². The number of hydrogen-bond donors (Lipinski definition) is 2. The summed E-state index contributed by atoms with van der Waals surface area (Å²) in [6, 6.07) is -2.03. The summed E-state index contributed by atoms with van der Waals surface area (Å²) >= 11 is 0. The molecule has 11 heavy (non-hydrogen) atoms. The maximum atomic E-state index is 10.8. The lowest BCUT2D eigenvalue weighted by Crippen LogP contribution is -2.30. The van der Waals surface area contributed by atoms with E-state index in [1.165, 1.54) is 0 Å². The Hall–Kier alpha value is -1.14. The minimum Gasteiger partial charge on any atom is -0.284 e. The molecule has 1 rings (SSSR count). The molecule has 6 heteroatoms. The Morgan fingerprint density at radius 1 is 1.45 bits per heavy atom. The number of urea groups is 1. The predicted molar refractivity (Wildman–Crippen MR) is 31.7 cm³/mol. The first-order valence-corrected chi connectivity index (χ1v) is 3.14. The van der Waals surface area contributed by atoms with Gasteiger partial charge in [-0.05, 0) is 6.42 Å². The van der Waals surface area contributed by atoms with Crippen LogP contribution < -0.4 is 0 Å². The first kappa shape index (κ1) is 7.96. The zero-order chi connectivity index (χ0) is 8.59. The largest absolute Gasteiger partial charge is 0.375 e. The molecule has 1 aliphatic rings. The highest BCUT2D eigenvalue weighted by Crippen LogP contribution is 2.14. The molecule has 3 amide bonds. The minimum absolute atomic E-state index is 0.0891. The molecule has 2 N–H and O–H groups in total. The number of rotatable bonds is 1. The molecule has 0 aromatic heterocycles. The van der Waals surface area contributed by atoms with Crippen LogP contribution in [-0.2, 0) is 4.79 Å². The summed E-state index contributed by atoms with van der Waals surface area (Å²) in [7, 11) is 0. The summed E-state index contributed by atoms with van der Waals surface area (Å²) in [5, 5.41) is 17.7. The van der Waals surface area contributed by atoms with Gasteiger partial charge in [0.1, 0.15) is 6.04 Å². The van der Waals surface area contributed by atoms with E-state index in [0.29, 0.717) is 0 Å². The van der Waals surface area contributed by atoms with Crippen LogP contribution in [0.25, 0.3) is 0 Å². The number of hydroxylamine groups is 4. The van der Waals surface area contributed by atoms with Crippen molar-refractivity contribution in [3.8, 4) is 0 Å². The van der Waals surface area contributed by atoms with E-state index in [9.17, 15) is 9.59 Å². The Kier molecular flexibility index (Phi) is 1.79. The summed E-state index contributed by atoms with van der Waals surface area (Å²) in [5.74, 6) is -0.792. The van der Waals surface area contributed by atoms with Gasteiger partial charge in [-0.3, -0.25) is 15.2 Å². The summed E-state index contributed by atoms with van der Waals surface area (Å²) in [5.41, 5.74) is 0. The summed E-state index contributed by atoms with van der Waals surface area (Å²) in [4.78, 5) is 21.4. The van der Waals surface area contributed by atoms with Gasteiger partial charge < -0.3 is 0 Å². The molecule has 0 spiro atoms. The highest BCUT2D eigenvalue weighted by molar-refractivity contribution is 6.01. The number of carbonyl (C=O) groups is 2. The van der Waals surface area contributed by atoms with Crippen molar-refractivity contribution >= 4 is 11.9 Å². The summed E-state index contributed by atoms with van der Waals surface area (Å²) < 4.78 is 0. The van der Waals surface area contributed by atoms with E-state index in [1.54, 1.807) is 6.92 Å². The van der Waals surface area contributed by atoms with Crippen LogP contribution in [0.15, 0.2) is 0 Å². The quantitative estimate of drug-likeness (QED) is 0.411. The zero-order valence-corrected chi connectivity index (χ0v) is 5.89. The standard InChI is InChI=1S/C5H8N2O4/c1-2-3-4(8)7(11)5(9)6(3)10/h3,10-11H,2H2,1H3. The second kappa shape index (κ2) is 2.48. The molecule has 1 fully saturated rings. The number of nitrogens with zero attached hydrogens (tertiary/aromatic N) is 2. The van der Waals surface area contributed by atoms with Gasteiger partial charge in [-0.1, -0.05) is 6.92 Å². The molecule has 1 atom stereocenters. The first-order valence-electron chi connectivity index (χ1n) is 3.14. The van der Waals surface area contributed by atoms with Gasteiger partial charge in [-0.15, -0.1) is 5.06 Å². The van der Waals surface area contributed by atoms with Crippen molar-refractivity contribution in [3.63, 3.8) is 0 Å². The molecule has 0 bridgehead atoms. The average Bonchev–Trinajstić information content (AvgIpc) is 2.17. The monoisotopic (exact) mass is 160 g/mol. The Bertz CT molecular complexity index is 205. The normalized spacial score (nSPS) is 25.2. The summed E-state index contributed by atoms with van der Waals surface area (Å²) in [6.45, 7) is 1.62. The molecule has 0 radical (unpaired) electrons. The highest BCUT2D eigenvalue weighted by Gasteiger charge is 2.43. The van der Waals surface area contributed by atoms with E-state index in [0.717, 1.165) is 0 Å². The number of hydrogen-bond acceptors (Lipinski definition) is 4. The van der Waals surface area contributed by atoms with E-state index in [2.05, 4.69) is 0 Å². The van der Waals surface area contributed by atoms with Gasteiger partial charge in [-0.2, -0.15) is 5.06 Å². The Labute approximate surface area is 62.5 Å². The minimum atomic E-state index is -1.10. The van der Waals surface area contributed by atoms with Crippen LogP contribution in [0.2, 0.25) is 0 Å². The van der Waals surface area contributed by atoms with Gasteiger partial charge in [0.2, 0.25) is 0 Å². The topological polar surface area (TPSA) is 81.1 Å². The molecular formula is C5H8N2O4. The molecule has 62 valence electrons. The van der Waals surface area contributed by atoms with Gasteiger partial charge >= 0.3 is 6.03 Å². The Balaban J connectivity index is 2.86. The second-order valence-corrected chi connectivity index (χ2v) is 2.20. The molecular weight excluding hydrogens is 152 g/mol. The van der Waals surface area contributed by atoms with Crippen LogP contribution in [0.5, 0.6) is 0 Å². The Morgan fingerprint density at radius 2 is 2.00 bits per heavy atom. The molecule has 0 saturated carbocycles. The van der Waals surface area contributed by atoms with Gasteiger partial charge in [0.25, 0.3) is 5.91 Å². The van der Waals surface area contributed by atoms with Crippen molar-refractivity contribution in [2.24, 2.45) is 0 Å². The predicted octanol–water partition coefficient (Wildman–Crippen LogP) is -0.192. The van der Waals surface area contributed by atoms with Gasteiger partial charge in [-0.25, -0.2) is 4.79 Å². The lowest BCUT2D eigenvalue weighted by atomic mass is 10.2. The molecule has 0 aliphatic carbocycles. The van der Waals surface area contributed by atoms with Crippen molar-refractivity contribution < 1.29 is 20.0 Å². The molecule has 1 aliphatic heterocycles. The fourth-order valence-electron chi connectivity index (χ4n) is 0.918. The fraction of sp³-hybridized carbons (Fsp3) is 0.600. The van der Waals surface area contributed by atoms with Crippen LogP contribution in [0.3, 0.4) is 0 Å². The lowest BCUT2D eigenvalue weighted by Gasteiger charge is -2.09. The highest BCUT2D eigenvalue weighted by atomic mass is 16.6. The smallest absolute Gasteiger partial charge is 0.284 e. The molecule has 1 unspecified atom stereocenters. The van der Waals surface area contributed by atoms with E-state index in [-0.39, 0.29) is 16.5 Å². The zero-order valence-electron chi connectivity index (χ0n) is 5.89. The van der Waals surface area contributed by atoms with Gasteiger partial charge in [0, 0.05) is 0 Å². The van der Waals surface area contributed by atoms with Crippen LogP contribution in [0.4, 0.5) is 4.79 Å². The number of amides is 3. The maximum Gasteiger partial charge on any atom is 0.375 e.